The molecule has 2 aromatic carbocycles. The van der Waals surface area contributed by atoms with Crippen molar-refractivity contribution in [1.82, 2.24) is 0 Å². The molecule has 0 aliphatic heterocycles. The van der Waals surface area contributed by atoms with Crippen LogP contribution in [0.25, 0.3) is 0 Å². The summed E-state index contributed by atoms with van der Waals surface area (Å²) in [5.41, 5.74) is 1.58. The highest BCUT2D eigenvalue weighted by Gasteiger charge is 2.04. The van der Waals surface area contributed by atoms with Gasteiger partial charge in [-0.25, -0.2) is 0 Å². The molecule has 0 N–H and O–H groups in total. The Bertz CT molecular complexity index is 645. The van der Waals surface area contributed by atoms with E-state index in [1.54, 1.807) is 40.7 Å². The summed E-state index contributed by atoms with van der Waals surface area (Å²) < 4.78 is 21.0. The summed E-state index contributed by atoms with van der Waals surface area (Å²) in [6, 6.07) is 11.0. The fraction of sp³-hybridized carbons (Fsp3) is 0.235. The van der Waals surface area contributed by atoms with Gasteiger partial charge in [0, 0.05) is 23.9 Å². The van der Waals surface area contributed by atoms with Crippen molar-refractivity contribution in [2.24, 2.45) is 4.99 Å². The van der Waals surface area contributed by atoms with E-state index in [0.29, 0.717) is 22.9 Å². The second-order valence-corrected chi connectivity index (χ2v) is 4.44. The van der Waals surface area contributed by atoms with Gasteiger partial charge in [0.15, 0.2) is 0 Å². The maximum Gasteiger partial charge on any atom is 0.148 e. The summed E-state index contributed by atoms with van der Waals surface area (Å²) in [5, 5.41) is 0. The summed E-state index contributed by atoms with van der Waals surface area (Å²) in [6.45, 7) is 0. The molecule has 0 aliphatic rings. The van der Waals surface area contributed by atoms with E-state index >= 15 is 0 Å². The van der Waals surface area contributed by atoms with Crippen molar-refractivity contribution in [3.8, 4) is 23.0 Å². The van der Waals surface area contributed by atoms with Crippen LogP contribution in [0.5, 0.6) is 23.0 Å². The largest absolute Gasteiger partial charge is 0.497 e. The molecular weight excluding hydrogens is 282 g/mol. The number of nitrogens with zero attached hydrogens (tertiary/aromatic N) is 1. The lowest BCUT2D eigenvalue weighted by Crippen LogP contribution is -1.91. The van der Waals surface area contributed by atoms with Crippen LogP contribution in [0.4, 0.5) is 5.69 Å². The molecule has 0 spiro atoms. The Balaban J connectivity index is 2.32. The molecule has 22 heavy (non-hydrogen) atoms. The zero-order valence-electron chi connectivity index (χ0n) is 13.1. The molecule has 0 bridgehead atoms. The number of hydrogen-bond donors (Lipinski definition) is 0. The van der Waals surface area contributed by atoms with Crippen LogP contribution >= 0.6 is 0 Å². The Morgan fingerprint density at radius 1 is 0.727 bits per heavy atom. The highest BCUT2D eigenvalue weighted by atomic mass is 16.5. The third kappa shape index (κ3) is 3.69. The predicted octanol–water partition coefficient (Wildman–Crippen LogP) is 3.47. The van der Waals surface area contributed by atoms with Gasteiger partial charge >= 0.3 is 0 Å². The average Bonchev–Trinajstić information content (AvgIpc) is 2.59. The van der Waals surface area contributed by atoms with Gasteiger partial charge in [-0.15, -0.1) is 0 Å². The van der Waals surface area contributed by atoms with Crippen molar-refractivity contribution in [3.63, 3.8) is 0 Å². The molecule has 0 aromatic heterocycles. The van der Waals surface area contributed by atoms with Crippen molar-refractivity contribution < 1.29 is 18.9 Å². The molecular formula is C17H19NO4. The van der Waals surface area contributed by atoms with Crippen molar-refractivity contribution in [3.05, 3.63) is 42.0 Å². The Hall–Kier alpha value is -2.69. The zero-order chi connectivity index (χ0) is 15.9. The van der Waals surface area contributed by atoms with Gasteiger partial charge in [-0.3, -0.25) is 4.99 Å². The summed E-state index contributed by atoms with van der Waals surface area (Å²) in [7, 11) is 6.44. The molecule has 0 unspecified atom stereocenters. The van der Waals surface area contributed by atoms with Crippen LogP contribution in [0.15, 0.2) is 41.4 Å². The van der Waals surface area contributed by atoms with Crippen LogP contribution in [0.1, 0.15) is 5.56 Å². The van der Waals surface area contributed by atoms with Crippen LogP contribution in [-0.4, -0.2) is 34.7 Å². The SMILES string of the molecule is COc1cc(C=Nc2ccc(OC)cc2OC)cc(OC)c1. The molecule has 0 amide bonds. The first-order valence-corrected chi connectivity index (χ1v) is 6.69. The highest BCUT2D eigenvalue weighted by molar-refractivity contribution is 5.84. The maximum absolute atomic E-state index is 5.32. The van der Waals surface area contributed by atoms with E-state index in [4.69, 9.17) is 18.9 Å². The molecule has 2 aromatic rings. The number of rotatable bonds is 6. The van der Waals surface area contributed by atoms with E-state index < -0.39 is 0 Å². The van der Waals surface area contributed by atoms with Crippen molar-refractivity contribution in [2.45, 2.75) is 0 Å². The van der Waals surface area contributed by atoms with Gasteiger partial charge in [-0.05, 0) is 24.3 Å². The Labute approximate surface area is 130 Å². The summed E-state index contributed by atoms with van der Waals surface area (Å²) in [6.07, 6.45) is 1.73. The fourth-order valence-electron chi connectivity index (χ4n) is 1.94. The lowest BCUT2D eigenvalue weighted by Gasteiger charge is -2.07. The topological polar surface area (TPSA) is 49.3 Å². The Morgan fingerprint density at radius 3 is 1.91 bits per heavy atom. The fourth-order valence-corrected chi connectivity index (χ4v) is 1.94. The van der Waals surface area contributed by atoms with Gasteiger partial charge in [0.25, 0.3) is 0 Å². The molecule has 116 valence electrons. The predicted molar refractivity (Wildman–Crippen MR) is 86.3 cm³/mol. The Morgan fingerprint density at radius 2 is 1.36 bits per heavy atom. The zero-order valence-corrected chi connectivity index (χ0v) is 13.1. The van der Waals surface area contributed by atoms with Gasteiger partial charge in [-0.2, -0.15) is 0 Å². The summed E-state index contributed by atoms with van der Waals surface area (Å²) >= 11 is 0. The second kappa shape index (κ2) is 7.36. The van der Waals surface area contributed by atoms with Crippen molar-refractivity contribution >= 4 is 11.9 Å². The average molecular weight is 301 g/mol. The monoisotopic (exact) mass is 301 g/mol. The molecule has 0 aliphatic carbocycles. The normalized spacial score (nSPS) is 10.5. The van der Waals surface area contributed by atoms with Gasteiger partial charge in [0.2, 0.25) is 0 Å². The van der Waals surface area contributed by atoms with Crippen molar-refractivity contribution in [1.29, 1.82) is 0 Å². The lowest BCUT2D eigenvalue weighted by atomic mass is 10.2. The summed E-state index contributed by atoms with van der Waals surface area (Å²) in [5.74, 6) is 2.79. The molecule has 0 radical (unpaired) electrons. The molecule has 0 heterocycles. The first kappa shape index (κ1) is 15.7. The number of hydrogen-bond acceptors (Lipinski definition) is 5. The van der Waals surface area contributed by atoms with Gasteiger partial charge in [0.1, 0.15) is 28.7 Å². The smallest absolute Gasteiger partial charge is 0.148 e. The van der Waals surface area contributed by atoms with E-state index in [1.165, 1.54) is 0 Å². The van der Waals surface area contributed by atoms with Crippen molar-refractivity contribution in [2.75, 3.05) is 28.4 Å². The molecule has 0 atom stereocenters. The minimum atomic E-state index is 0.644. The molecule has 0 saturated carbocycles. The van der Waals surface area contributed by atoms with E-state index in [0.717, 1.165) is 11.3 Å². The maximum atomic E-state index is 5.32. The Kier molecular flexibility index (Phi) is 5.25. The first-order chi connectivity index (χ1) is 10.7. The van der Waals surface area contributed by atoms with Gasteiger partial charge < -0.3 is 18.9 Å². The third-order valence-electron chi connectivity index (χ3n) is 3.11. The third-order valence-corrected chi connectivity index (χ3v) is 3.11. The number of methoxy groups -OCH3 is 4. The van der Waals surface area contributed by atoms with Crippen LogP contribution in [0, 0.1) is 0 Å². The summed E-state index contributed by atoms with van der Waals surface area (Å²) in [4.78, 5) is 4.46. The first-order valence-electron chi connectivity index (χ1n) is 6.69. The van der Waals surface area contributed by atoms with E-state index in [-0.39, 0.29) is 0 Å². The molecule has 0 fully saturated rings. The van der Waals surface area contributed by atoms with Crippen LogP contribution in [0.2, 0.25) is 0 Å². The van der Waals surface area contributed by atoms with Crippen LogP contribution in [0.3, 0.4) is 0 Å². The van der Waals surface area contributed by atoms with Crippen LogP contribution < -0.4 is 18.9 Å². The van der Waals surface area contributed by atoms with Gasteiger partial charge in [-0.1, -0.05) is 0 Å². The minimum Gasteiger partial charge on any atom is -0.497 e. The van der Waals surface area contributed by atoms with E-state index in [1.807, 2.05) is 30.3 Å². The molecule has 5 nitrogen and oxygen atoms in total. The molecule has 0 saturated heterocycles. The van der Waals surface area contributed by atoms with E-state index in [9.17, 15) is 0 Å². The molecule has 5 heteroatoms. The highest BCUT2D eigenvalue weighted by Crippen LogP contribution is 2.31. The van der Waals surface area contributed by atoms with Gasteiger partial charge in [0.05, 0.1) is 28.4 Å². The number of aliphatic imine (C=N–C) groups is 1. The number of ether oxygens (including phenoxy) is 4. The van der Waals surface area contributed by atoms with E-state index in [2.05, 4.69) is 4.99 Å². The standard InChI is InChI=1S/C17H19NO4/c1-19-13-5-6-16(17(10-13)22-4)18-11-12-7-14(20-2)9-15(8-12)21-3/h5-11H,1-4H3. The number of benzene rings is 2. The minimum absolute atomic E-state index is 0.644. The second-order valence-electron chi connectivity index (χ2n) is 4.44. The van der Waals surface area contributed by atoms with Crippen LogP contribution in [-0.2, 0) is 0 Å². The lowest BCUT2D eigenvalue weighted by molar-refractivity contribution is 0.394. The molecule has 2 rings (SSSR count). The quantitative estimate of drug-likeness (QED) is 0.767.